The highest BCUT2D eigenvalue weighted by molar-refractivity contribution is 7.89. The summed E-state index contributed by atoms with van der Waals surface area (Å²) < 4.78 is 28.5. The molecule has 13 heteroatoms. The topological polar surface area (TPSA) is 186 Å². The molecule has 2 aromatic rings. The van der Waals surface area contributed by atoms with Crippen LogP contribution in [0.25, 0.3) is 10.8 Å². The lowest BCUT2D eigenvalue weighted by Gasteiger charge is -2.38. The molecule has 1 fully saturated rings. The molecule has 3 rings (SSSR count). The van der Waals surface area contributed by atoms with Gasteiger partial charge in [0.15, 0.2) is 5.96 Å². The van der Waals surface area contributed by atoms with Crippen molar-refractivity contribution in [2.45, 2.75) is 36.2 Å². The van der Waals surface area contributed by atoms with Gasteiger partial charge in [-0.1, -0.05) is 30.3 Å². The lowest BCUT2D eigenvalue weighted by Crippen LogP contribution is -2.54. The van der Waals surface area contributed by atoms with E-state index in [0.29, 0.717) is 31.3 Å². The molecular formula is C23H30N6O6S. The first-order valence-electron chi connectivity index (χ1n) is 11.3. The number of benzene rings is 2. The molecule has 2 atom stereocenters. The number of nitrogens with zero attached hydrogens (tertiary/aromatic N) is 2. The highest BCUT2D eigenvalue weighted by Gasteiger charge is 2.32. The number of aliphatic carboxylic acids is 1. The first-order chi connectivity index (χ1) is 17.0. The molecule has 1 saturated heterocycles. The molecule has 0 aromatic heterocycles. The number of amides is 2. The minimum absolute atomic E-state index is 0.0950. The molecule has 36 heavy (non-hydrogen) atoms. The molecule has 2 aromatic carbocycles. The molecule has 2 amide bonds. The zero-order valence-electron chi connectivity index (χ0n) is 19.8. The third-order valence-corrected chi connectivity index (χ3v) is 7.59. The molecule has 1 aliphatic rings. The minimum Gasteiger partial charge on any atom is -0.480 e. The van der Waals surface area contributed by atoms with Crippen molar-refractivity contribution in [1.29, 1.82) is 5.41 Å². The van der Waals surface area contributed by atoms with Crippen molar-refractivity contribution in [1.82, 2.24) is 19.8 Å². The van der Waals surface area contributed by atoms with Gasteiger partial charge < -0.3 is 26.0 Å². The van der Waals surface area contributed by atoms with Gasteiger partial charge in [0.05, 0.1) is 11.3 Å². The number of carboxylic acid groups (broad SMARTS) is 1. The summed E-state index contributed by atoms with van der Waals surface area (Å²) in [5, 5.41) is 20.2. The molecule has 0 aliphatic carbocycles. The van der Waals surface area contributed by atoms with E-state index < -0.39 is 46.8 Å². The lowest BCUT2D eigenvalue weighted by atomic mass is 10.0. The van der Waals surface area contributed by atoms with Gasteiger partial charge in [-0.25, -0.2) is 8.42 Å². The Hall–Kier alpha value is -3.71. The van der Waals surface area contributed by atoms with Crippen LogP contribution in [0.1, 0.15) is 19.3 Å². The van der Waals surface area contributed by atoms with E-state index in [1.54, 1.807) is 30.1 Å². The summed E-state index contributed by atoms with van der Waals surface area (Å²) in [5.41, 5.74) is 5.57. The van der Waals surface area contributed by atoms with Crippen LogP contribution in [0, 0.1) is 5.41 Å². The van der Waals surface area contributed by atoms with E-state index in [4.69, 9.17) is 16.2 Å². The van der Waals surface area contributed by atoms with E-state index in [1.165, 1.54) is 17.0 Å². The SMILES string of the molecule is CN(C(=O)C[C@H](NS(=O)(=O)c1ccc2ccccc2c1)C(=O)NCC(=O)O)[C@H]1CCCN(C(=N)N)C1. The summed E-state index contributed by atoms with van der Waals surface area (Å²) in [6.07, 6.45) is 0.842. The van der Waals surface area contributed by atoms with E-state index >= 15 is 0 Å². The average Bonchev–Trinajstić information content (AvgIpc) is 2.85. The molecule has 12 nitrogen and oxygen atoms in total. The van der Waals surface area contributed by atoms with Crippen molar-refractivity contribution in [2.24, 2.45) is 5.73 Å². The Morgan fingerprint density at radius 2 is 1.92 bits per heavy atom. The number of sulfonamides is 1. The number of guanidine groups is 1. The van der Waals surface area contributed by atoms with Crippen molar-refractivity contribution in [3.05, 3.63) is 42.5 Å². The predicted octanol–water partition coefficient (Wildman–Crippen LogP) is -0.106. The number of fused-ring (bicyclic) bond motifs is 1. The number of rotatable bonds is 9. The van der Waals surface area contributed by atoms with Crippen LogP contribution in [-0.4, -0.2) is 85.8 Å². The number of likely N-dealkylation sites (tertiary alicyclic amines) is 1. The number of piperidine rings is 1. The van der Waals surface area contributed by atoms with Gasteiger partial charge in [-0.3, -0.25) is 19.8 Å². The highest BCUT2D eigenvalue weighted by Crippen LogP contribution is 2.20. The normalized spacial score (nSPS) is 16.8. The summed E-state index contributed by atoms with van der Waals surface area (Å²) in [5.74, 6) is -2.86. The Kier molecular flexibility index (Phi) is 8.48. The van der Waals surface area contributed by atoms with Crippen LogP contribution in [-0.2, 0) is 24.4 Å². The van der Waals surface area contributed by atoms with Crippen LogP contribution in [0.5, 0.6) is 0 Å². The third kappa shape index (κ3) is 6.70. The van der Waals surface area contributed by atoms with E-state index in [-0.39, 0.29) is 16.9 Å². The molecule has 0 unspecified atom stereocenters. The van der Waals surface area contributed by atoms with Gasteiger partial charge in [0, 0.05) is 26.2 Å². The number of hydrogen-bond acceptors (Lipinski definition) is 6. The van der Waals surface area contributed by atoms with E-state index in [2.05, 4.69) is 10.0 Å². The summed E-state index contributed by atoms with van der Waals surface area (Å²) in [6, 6.07) is 9.82. The van der Waals surface area contributed by atoms with E-state index in [9.17, 15) is 22.8 Å². The van der Waals surface area contributed by atoms with Crippen LogP contribution in [0.2, 0.25) is 0 Å². The Morgan fingerprint density at radius 3 is 2.58 bits per heavy atom. The number of nitrogens with one attached hydrogen (secondary N) is 3. The molecular weight excluding hydrogens is 488 g/mol. The van der Waals surface area contributed by atoms with Crippen molar-refractivity contribution < 1.29 is 27.9 Å². The van der Waals surface area contributed by atoms with Crippen molar-refractivity contribution >= 4 is 44.5 Å². The van der Waals surface area contributed by atoms with Gasteiger partial charge in [0.2, 0.25) is 21.8 Å². The van der Waals surface area contributed by atoms with Gasteiger partial charge in [-0.2, -0.15) is 4.72 Å². The number of carbonyl (C=O) groups is 3. The summed E-state index contributed by atoms with van der Waals surface area (Å²) in [7, 11) is -2.69. The molecule has 0 radical (unpaired) electrons. The first-order valence-corrected chi connectivity index (χ1v) is 12.8. The molecule has 0 saturated carbocycles. The molecule has 194 valence electrons. The number of carbonyl (C=O) groups excluding carboxylic acids is 2. The quantitative estimate of drug-likeness (QED) is 0.225. The van der Waals surface area contributed by atoms with E-state index in [1.807, 2.05) is 12.1 Å². The number of carboxylic acids is 1. The maximum Gasteiger partial charge on any atom is 0.322 e. The van der Waals surface area contributed by atoms with Gasteiger partial charge in [-0.05, 0) is 35.7 Å². The standard InChI is InChI=1S/C23H30N6O6S/c1-28(17-7-4-10-29(14-17)23(24)25)20(30)12-19(22(33)26-13-21(31)32)27-36(34,35)18-9-8-15-5-2-3-6-16(15)11-18/h2-3,5-6,8-9,11,17,19,27H,4,7,10,12-14H2,1H3,(H3,24,25)(H,26,33)(H,31,32)/t17-,19-/m0/s1. The maximum atomic E-state index is 13.1. The summed E-state index contributed by atoms with van der Waals surface area (Å²) in [6.45, 7) is 0.211. The van der Waals surface area contributed by atoms with Crippen LogP contribution >= 0.6 is 0 Å². The molecule has 0 bridgehead atoms. The van der Waals surface area contributed by atoms with Crippen molar-refractivity contribution in [3.63, 3.8) is 0 Å². The zero-order chi connectivity index (χ0) is 26.5. The second-order valence-corrected chi connectivity index (χ2v) is 10.3. The monoisotopic (exact) mass is 518 g/mol. The Morgan fingerprint density at radius 1 is 1.22 bits per heavy atom. The fourth-order valence-corrected chi connectivity index (χ4v) is 5.31. The van der Waals surface area contributed by atoms with Gasteiger partial charge in [-0.15, -0.1) is 0 Å². The van der Waals surface area contributed by atoms with Gasteiger partial charge >= 0.3 is 5.97 Å². The maximum absolute atomic E-state index is 13.1. The smallest absolute Gasteiger partial charge is 0.322 e. The second kappa shape index (κ2) is 11.4. The Labute approximate surface area is 209 Å². The first kappa shape index (κ1) is 26.9. The van der Waals surface area contributed by atoms with Crippen LogP contribution < -0.4 is 15.8 Å². The van der Waals surface area contributed by atoms with Crippen LogP contribution in [0.15, 0.2) is 47.4 Å². The molecule has 1 heterocycles. The highest BCUT2D eigenvalue weighted by atomic mass is 32.2. The van der Waals surface area contributed by atoms with Crippen LogP contribution in [0.3, 0.4) is 0 Å². The van der Waals surface area contributed by atoms with Gasteiger partial charge in [0.25, 0.3) is 0 Å². The minimum atomic E-state index is -4.23. The van der Waals surface area contributed by atoms with Crippen LogP contribution in [0.4, 0.5) is 0 Å². The van der Waals surface area contributed by atoms with Crippen molar-refractivity contribution in [3.8, 4) is 0 Å². The van der Waals surface area contributed by atoms with Crippen molar-refractivity contribution in [2.75, 3.05) is 26.7 Å². The number of hydrogen-bond donors (Lipinski definition) is 5. The third-order valence-electron chi connectivity index (χ3n) is 6.12. The lowest BCUT2D eigenvalue weighted by molar-refractivity contribution is -0.138. The van der Waals surface area contributed by atoms with Gasteiger partial charge in [0.1, 0.15) is 12.6 Å². The Bertz CT molecular complexity index is 1270. The number of nitrogens with two attached hydrogens (primary N) is 1. The second-order valence-electron chi connectivity index (χ2n) is 8.63. The molecule has 1 aliphatic heterocycles. The summed E-state index contributed by atoms with van der Waals surface area (Å²) >= 11 is 0. The Balaban J connectivity index is 1.80. The predicted molar refractivity (Wildman–Crippen MR) is 133 cm³/mol. The average molecular weight is 519 g/mol. The molecule has 6 N–H and O–H groups in total. The zero-order valence-corrected chi connectivity index (χ0v) is 20.6. The fraction of sp³-hybridized carbons (Fsp3) is 0.391. The molecule has 0 spiro atoms. The number of likely N-dealkylation sites (N-methyl/N-ethyl adjacent to an activating group) is 1. The van der Waals surface area contributed by atoms with E-state index in [0.717, 1.165) is 5.39 Å². The summed E-state index contributed by atoms with van der Waals surface area (Å²) in [4.78, 5) is 39.7. The largest absolute Gasteiger partial charge is 0.480 e. The fourth-order valence-electron chi connectivity index (χ4n) is 4.08.